The lowest BCUT2D eigenvalue weighted by atomic mass is 9.76. The molecule has 1 fully saturated rings. The summed E-state index contributed by atoms with van der Waals surface area (Å²) in [5.74, 6) is 1.74. The van der Waals surface area contributed by atoms with Crippen molar-refractivity contribution < 1.29 is 0 Å². The van der Waals surface area contributed by atoms with Gasteiger partial charge in [0, 0.05) is 0 Å². The van der Waals surface area contributed by atoms with Gasteiger partial charge in [-0.05, 0) is 79.6 Å². The standard InChI is InChI=1S/C18H27N5/c1-5-19-18(11-9-13(2)10-12-18)17-20-21-22-23(17)16-8-6-7-14(3)15(16)4/h6-8,13,19H,5,9-12H2,1-4H3. The molecule has 2 aromatic rings. The van der Waals surface area contributed by atoms with Crippen LogP contribution in [-0.2, 0) is 5.54 Å². The van der Waals surface area contributed by atoms with Crippen LogP contribution in [0.1, 0.15) is 56.5 Å². The number of rotatable bonds is 4. The highest BCUT2D eigenvalue weighted by atomic mass is 15.6. The van der Waals surface area contributed by atoms with Gasteiger partial charge in [-0.15, -0.1) is 5.10 Å². The minimum absolute atomic E-state index is 0.110. The highest BCUT2D eigenvalue weighted by Gasteiger charge is 2.40. The Bertz CT molecular complexity index is 668. The second kappa shape index (κ2) is 6.40. The first kappa shape index (κ1) is 16.1. The molecule has 124 valence electrons. The van der Waals surface area contributed by atoms with E-state index in [2.05, 4.69) is 66.7 Å². The minimum Gasteiger partial charge on any atom is -0.305 e. The molecule has 0 unspecified atom stereocenters. The van der Waals surface area contributed by atoms with Gasteiger partial charge in [-0.1, -0.05) is 26.0 Å². The number of nitrogens with one attached hydrogen (secondary N) is 1. The summed E-state index contributed by atoms with van der Waals surface area (Å²) in [6.07, 6.45) is 4.61. The Hall–Kier alpha value is -1.75. The van der Waals surface area contributed by atoms with Crippen molar-refractivity contribution >= 4 is 0 Å². The fourth-order valence-corrected chi connectivity index (χ4v) is 3.69. The Morgan fingerprint density at radius 3 is 2.70 bits per heavy atom. The van der Waals surface area contributed by atoms with Crippen LogP contribution in [0.25, 0.3) is 5.69 Å². The van der Waals surface area contributed by atoms with E-state index < -0.39 is 0 Å². The summed E-state index contributed by atoms with van der Waals surface area (Å²) in [6.45, 7) is 9.69. The van der Waals surface area contributed by atoms with Crippen LogP contribution in [0.2, 0.25) is 0 Å². The third-order valence-electron chi connectivity index (χ3n) is 5.34. The molecule has 1 aliphatic rings. The predicted molar refractivity (Wildman–Crippen MR) is 91.6 cm³/mol. The topological polar surface area (TPSA) is 55.6 Å². The third kappa shape index (κ3) is 2.90. The lowest BCUT2D eigenvalue weighted by Crippen LogP contribution is -2.47. The molecular formula is C18H27N5. The van der Waals surface area contributed by atoms with Crippen molar-refractivity contribution in [2.45, 2.75) is 58.9 Å². The van der Waals surface area contributed by atoms with E-state index >= 15 is 0 Å². The molecule has 1 heterocycles. The molecule has 1 aromatic heterocycles. The van der Waals surface area contributed by atoms with Crippen molar-refractivity contribution in [1.82, 2.24) is 25.5 Å². The Labute approximate surface area is 138 Å². The summed E-state index contributed by atoms with van der Waals surface area (Å²) < 4.78 is 1.95. The van der Waals surface area contributed by atoms with Gasteiger partial charge in [-0.25, -0.2) is 0 Å². The van der Waals surface area contributed by atoms with Gasteiger partial charge in [-0.3, -0.25) is 0 Å². The Balaban J connectivity index is 2.06. The fourth-order valence-electron chi connectivity index (χ4n) is 3.69. The first-order chi connectivity index (χ1) is 11.1. The van der Waals surface area contributed by atoms with Crippen molar-refractivity contribution in [3.8, 4) is 5.69 Å². The van der Waals surface area contributed by atoms with Gasteiger partial charge >= 0.3 is 0 Å². The molecule has 0 radical (unpaired) electrons. The number of tetrazole rings is 1. The lowest BCUT2D eigenvalue weighted by molar-refractivity contribution is 0.185. The molecule has 0 spiro atoms. The number of benzene rings is 1. The van der Waals surface area contributed by atoms with Gasteiger partial charge in [0.05, 0.1) is 11.2 Å². The van der Waals surface area contributed by atoms with Crippen LogP contribution in [0.5, 0.6) is 0 Å². The maximum absolute atomic E-state index is 4.44. The smallest absolute Gasteiger partial charge is 0.176 e. The van der Waals surface area contributed by atoms with E-state index in [1.54, 1.807) is 0 Å². The molecule has 1 aromatic carbocycles. The summed E-state index contributed by atoms with van der Waals surface area (Å²) in [5.41, 5.74) is 3.47. The average Bonchev–Trinajstić information content (AvgIpc) is 3.03. The summed E-state index contributed by atoms with van der Waals surface area (Å²) in [7, 11) is 0. The van der Waals surface area contributed by atoms with Gasteiger partial charge in [0.2, 0.25) is 0 Å². The quantitative estimate of drug-likeness (QED) is 0.941. The second-order valence-corrected chi connectivity index (χ2v) is 6.93. The van der Waals surface area contributed by atoms with Crippen LogP contribution in [-0.4, -0.2) is 26.8 Å². The van der Waals surface area contributed by atoms with E-state index in [0.29, 0.717) is 0 Å². The van der Waals surface area contributed by atoms with Gasteiger partial charge in [0.25, 0.3) is 0 Å². The Morgan fingerprint density at radius 2 is 2.00 bits per heavy atom. The van der Waals surface area contributed by atoms with Crippen LogP contribution < -0.4 is 5.32 Å². The second-order valence-electron chi connectivity index (χ2n) is 6.93. The van der Waals surface area contributed by atoms with Crippen LogP contribution >= 0.6 is 0 Å². The normalized spacial score (nSPS) is 24.8. The number of hydrogen-bond acceptors (Lipinski definition) is 4. The average molecular weight is 313 g/mol. The SMILES string of the molecule is CCNC1(c2nnnn2-c2cccc(C)c2C)CCC(C)CC1. The number of nitrogens with zero attached hydrogens (tertiary/aromatic N) is 4. The first-order valence-electron chi connectivity index (χ1n) is 8.68. The molecule has 1 N–H and O–H groups in total. The van der Waals surface area contributed by atoms with Crippen molar-refractivity contribution in [3.63, 3.8) is 0 Å². The molecule has 3 rings (SSSR count). The Morgan fingerprint density at radius 1 is 1.26 bits per heavy atom. The molecule has 0 atom stereocenters. The van der Waals surface area contributed by atoms with Crippen LogP contribution in [0.15, 0.2) is 18.2 Å². The van der Waals surface area contributed by atoms with Gasteiger partial charge < -0.3 is 5.32 Å². The summed E-state index contributed by atoms with van der Waals surface area (Å²) in [6, 6.07) is 6.31. The van der Waals surface area contributed by atoms with E-state index in [9.17, 15) is 0 Å². The largest absolute Gasteiger partial charge is 0.305 e. The monoisotopic (exact) mass is 313 g/mol. The summed E-state index contributed by atoms with van der Waals surface area (Å²) >= 11 is 0. The molecular weight excluding hydrogens is 286 g/mol. The van der Waals surface area contributed by atoms with Gasteiger partial charge in [-0.2, -0.15) is 4.68 Å². The van der Waals surface area contributed by atoms with E-state index in [4.69, 9.17) is 0 Å². The summed E-state index contributed by atoms with van der Waals surface area (Å²) in [5, 5.41) is 16.5. The molecule has 0 aliphatic heterocycles. The maximum Gasteiger partial charge on any atom is 0.176 e. The maximum atomic E-state index is 4.44. The zero-order valence-electron chi connectivity index (χ0n) is 14.6. The van der Waals surface area contributed by atoms with Crippen molar-refractivity contribution in [3.05, 3.63) is 35.2 Å². The highest BCUT2D eigenvalue weighted by Crippen LogP contribution is 2.39. The first-order valence-corrected chi connectivity index (χ1v) is 8.68. The zero-order valence-corrected chi connectivity index (χ0v) is 14.6. The van der Waals surface area contributed by atoms with E-state index in [-0.39, 0.29) is 5.54 Å². The van der Waals surface area contributed by atoms with E-state index in [0.717, 1.165) is 36.8 Å². The minimum atomic E-state index is -0.110. The van der Waals surface area contributed by atoms with Crippen molar-refractivity contribution in [1.29, 1.82) is 0 Å². The number of aromatic nitrogens is 4. The molecule has 1 saturated carbocycles. The lowest BCUT2D eigenvalue weighted by Gasteiger charge is -2.39. The molecule has 5 heteroatoms. The van der Waals surface area contributed by atoms with Gasteiger partial charge in [0.15, 0.2) is 5.82 Å². The van der Waals surface area contributed by atoms with Crippen molar-refractivity contribution in [2.24, 2.45) is 5.92 Å². The highest BCUT2D eigenvalue weighted by molar-refractivity contribution is 5.44. The number of hydrogen-bond donors (Lipinski definition) is 1. The molecule has 1 aliphatic carbocycles. The van der Waals surface area contributed by atoms with E-state index in [1.165, 1.54) is 24.0 Å². The van der Waals surface area contributed by atoms with Crippen LogP contribution in [0.4, 0.5) is 0 Å². The van der Waals surface area contributed by atoms with Gasteiger partial charge in [0.1, 0.15) is 0 Å². The van der Waals surface area contributed by atoms with Crippen LogP contribution in [0.3, 0.4) is 0 Å². The van der Waals surface area contributed by atoms with E-state index in [1.807, 2.05) is 4.68 Å². The predicted octanol–water partition coefficient (Wildman–Crippen LogP) is 3.29. The fraction of sp³-hybridized carbons (Fsp3) is 0.611. The number of aryl methyl sites for hydroxylation is 1. The molecule has 0 saturated heterocycles. The molecule has 23 heavy (non-hydrogen) atoms. The van der Waals surface area contributed by atoms with Crippen molar-refractivity contribution in [2.75, 3.05) is 6.54 Å². The molecule has 5 nitrogen and oxygen atoms in total. The van der Waals surface area contributed by atoms with Crippen LogP contribution in [0, 0.1) is 19.8 Å². The Kier molecular flexibility index (Phi) is 4.48. The summed E-state index contributed by atoms with van der Waals surface area (Å²) in [4.78, 5) is 0. The molecule has 0 amide bonds. The third-order valence-corrected chi connectivity index (χ3v) is 5.34. The zero-order chi connectivity index (χ0) is 16.4. The molecule has 0 bridgehead atoms.